The molecular weight excluding hydrogens is 371 g/mol. The second-order valence-corrected chi connectivity index (χ2v) is 6.27. The Morgan fingerprint density at radius 1 is 1.14 bits per heavy atom. The predicted octanol–water partition coefficient (Wildman–Crippen LogP) is 4.55. The van der Waals surface area contributed by atoms with Gasteiger partial charge in [-0.1, -0.05) is 24.3 Å². The first kappa shape index (κ1) is 19.8. The van der Waals surface area contributed by atoms with E-state index in [-0.39, 0.29) is 6.42 Å². The van der Waals surface area contributed by atoms with Crippen LogP contribution in [0.4, 0.5) is 24.5 Å². The van der Waals surface area contributed by atoms with Gasteiger partial charge in [0, 0.05) is 6.04 Å². The molecule has 0 fully saturated rings. The third-order valence-electron chi connectivity index (χ3n) is 4.21. The lowest BCUT2D eigenvalue weighted by atomic mass is 10.0. The van der Waals surface area contributed by atoms with E-state index in [2.05, 4.69) is 26.2 Å². The maximum Gasteiger partial charge on any atom is 0.416 e. The number of fused-ring (bicyclic) bond motifs is 1. The van der Waals surface area contributed by atoms with Gasteiger partial charge in [0.25, 0.3) is 5.91 Å². The van der Waals surface area contributed by atoms with Gasteiger partial charge in [-0.25, -0.2) is 0 Å². The Balaban J connectivity index is 1.82. The first-order chi connectivity index (χ1) is 13.4. The van der Waals surface area contributed by atoms with Crippen molar-refractivity contribution < 1.29 is 18.0 Å². The summed E-state index contributed by atoms with van der Waals surface area (Å²) in [5.41, 5.74) is 1.30. The smallest absolute Gasteiger partial charge is 0.351 e. The van der Waals surface area contributed by atoms with Crippen LogP contribution >= 0.6 is 0 Å². The van der Waals surface area contributed by atoms with E-state index in [1.807, 2.05) is 24.3 Å². The molecule has 2 aromatic carbocycles. The van der Waals surface area contributed by atoms with Crippen molar-refractivity contribution in [3.8, 4) is 0 Å². The SMILES string of the molecule is CCN=NC(=O)CC(NC1Nc2ccccc2N1)c1cccc(C(F)(F)F)c1. The largest absolute Gasteiger partial charge is 0.416 e. The second kappa shape index (κ2) is 8.39. The van der Waals surface area contributed by atoms with Crippen LogP contribution in [0, 0.1) is 0 Å². The van der Waals surface area contributed by atoms with Gasteiger partial charge >= 0.3 is 6.18 Å². The molecule has 1 heterocycles. The highest BCUT2D eigenvalue weighted by atomic mass is 19.4. The molecule has 1 unspecified atom stereocenters. The third-order valence-corrected chi connectivity index (χ3v) is 4.21. The van der Waals surface area contributed by atoms with Crippen LogP contribution in [0.2, 0.25) is 0 Å². The van der Waals surface area contributed by atoms with Crippen molar-refractivity contribution in [3.63, 3.8) is 0 Å². The van der Waals surface area contributed by atoms with Crippen molar-refractivity contribution in [2.75, 3.05) is 17.2 Å². The van der Waals surface area contributed by atoms with Crippen LogP contribution < -0.4 is 16.0 Å². The molecule has 0 bridgehead atoms. The zero-order chi connectivity index (χ0) is 20.1. The van der Waals surface area contributed by atoms with Gasteiger partial charge in [-0.15, -0.1) is 5.11 Å². The lowest BCUT2D eigenvalue weighted by molar-refractivity contribution is -0.137. The van der Waals surface area contributed by atoms with E-state index in [0.717, 1.165) is 23.5 Å². The number of para-hydroxylation sites is 2. The first-order valence-corrected chi connectivity index (χ1v) is 8.82. The van der Waals surface area contributed by atoms with Crippen LogP contribution in [0.5, 0.6) is 0 Å². The topological polar surface area (TPSA) is 77.9 Å². The summed E-state index contributed by atoms with van der Waals surface area (Å²) in [7, 11) is 0. The number of nitrogens with zero attached hydrogens (tertiary/aromatic N) is 2. The molecule has 0 aromatic heterocycles. The predicted molar refractivity (Wildman–Crippen MR) is 99.8 cm³/mol. The number of azo groups is 1. The first-order valence-electron chi connectivity index (χ1n) is 8.82. The number of rotatable bonds is 6. The van der Waals surface area contributed by atoms with Gasteiger partial charge in [0.1, 0.15) is 0 Å². The Kier molecular flexibility index (Phi) is 5.93. The number of hydrogen-bond donors (Lipinski definition) is 3. The Labute approximate surface area is 160 Å². The number of benzene rings is 2. The number of hydrogen-bond acceptors (Lipinski definition) is 5. The number of amides is 1. The van der Waals surface area contributed by atoms with Crippen molar-refractivity contribution in [2.24, 2.45) is 10.2 Å². The summed E-state index contributed by atoms with van der Waals surface area (Å²) in [6.07, 6.45) is -5.04. The number of halogens is 3. The number of alkyl halides is 3. The molecule has 0 aliphatic carbocycles. The molecule has 28 heavy (non-hydrogen) atoms. The lowest BCUT2D eigenvalue weighted by Gasteiger charge is -2.24. The molecule has 1 amide bonds. The summed E-state index contributed by atoms with van der Waals surface area (Å²) in [6, 6.07) is 11.7. The molecule has 148 valence electrons. The fourth-order valence-electron chi connectivity index (χ4n) is 2.94. The summed E-state index contributed by atoms with van der Waals surface area (Å²) in [4.78, 5) is 12.1. The van der Waals surface area contributed by atoms with Crippen LogP contribution in [0.1, 0.15) is 30.5 Å². The Bertz CT molecular complexity index is 844. The highest BCUT2D eigenvalue weighted by molar-refractivity contribution is 5.77. The van der Waals surface area contributed by atoms with Gasteiger partial charge in [-0.05, 0) is 36.8 Å². The highest BCUT2D eigenvalue weighted by Crippen LogP contribution is 2.32. The highest BCUT2D eigenvalue weighted by Gasteiger charge is 2.32. The molecule has 3 N–H and O–H groups in total. The molecule has 3 rings (SSSR count). The van der Waals surface area contributed by atoms with Gasteiger partial charge in [-0.3, -0.25) is 10.1 Å². The monoisotopic (exact) mass is 391 g/mol. The molecule has 9 heteroatoms. The van der Waals surface area contributed by atoms with Crippen molar-refractivity contribution in [2.45, 2.75) is 31.9 Å². The molecule has 1 aliphatic rings. The lowest BCUT2D eigenvalue weighted by Crippen LogP contribution is -2.42. The van der Waals surface area contributed by atoms with Gasteiger partial charge in [0.15, 0.2) is 6.29 Å². The van der Waals surface area contributed by atoms with Gasteiger partial charge in [0.2, 0.25) is 0 Å². The van der Waals surface area contributed by atoms with Crippen LogP contribution in [-0.2, 0) is 11.0 Å². The summed E-state index contributed by atoms with van der Waals surface area (Å²) >= 11 is 0. The number of carbonyl (C=O) groups is 1. The summed E-state index contributed by atoms with van der Waals surface area (Å²) in [6.45, 7) is 2.09. The normalized spacial score (nSPS) is 15.1. The minimum atomic E-state index is -4.47. The van der Waals surface area contributed by atoms with Gasteiger partial charge in [0.05, 0.1) is 29.9 Å². The Morgan fingerprint density at radius 3 is 2.43 bits per heavy atom. The van der Waals surface area contributed by atoms with E-state index in [0.29, 0.717) is 12.1 Å². The zero-order valence-electron chi connectivity index (χ0n) is 15.1. The van der Waals surface area contributed by atoms with E-state index < -0.39 is 30.0 Å². The van der Waals surface area contributed by atoms with Crippen molar-refractivity contribution in [1.29, 1.82) is 0 Å². The quantitative estimate of drug-likeness (QED) is 0.632. The molecule has 0 radical (unpaired) electrons. The molecule has 2 aromatic rings. The summed E-state index contributed by atoms with van der Waals surface area (Å²) < 4.78 is 39.3. The van der Waals surface area contributed by atoms with E-state index in [1.54, 1.807) is 13.0 Å². The fourth-order valence-corrected chi connectivity index (χ4v) is 2.94. The molecule has 1 atom stereocenters. The average Bonchev–Trinajstić information content (AvgIpc) is 3.07. The molecule has 0 saturated heterocycles. The van der Waals surface area contributed by atoms with E-state index in [1.165, 1.54) is 6.07 Å². The zero-order valence-corrected chi connectivity index (χ0v) is 15.1. The Morgan fingerprint density at radius 2 is 1.82 bits per heavy atom. The summed E-state index contributed by atoms with van der Waals surface area (Å²) in [5, 5.41) is 16.8. The van der Waals surface area contributed by atoms with Gasteiger partial charge in [-0.2, -0.15) is 18.3 Å². The Hall–Kier alpha value is -2.94. The molecule has 6 nitrogen and oxygen atoms in total. The summed E-state index contributed by atoms with van der Waals surface area (Å²) in [5.74, 6) is -0.507. The van der Waals surface area contributed by atoms with Gasteiger partial charge < -0.3 is 10.6 Å². The van der Waals surface area contributed by atoms with E-state index >= 15 is 0 Å². The number of carbonyl (C=O) groups excluding carboxylic acids is 1. The molecule has 1 aliphatic heterocycles. The number of anilines is 2. The minimum Gasteiger partial charge on any atom is -0.351 e. The van der Waals surface area contributed by atoms with E-state index in [9.17, 15) is 18.0 Å². The minimum absolute atomic E-state index is 0.124. The molecule has 0 spiro atoms. The van der Waals surface area contributed by atoms with Crippen molar-refractivity contribution in [1.82, 2.24) is 5.32 Å². The average molecular weight is 391 g/mol. The third kappa shape index (κ3) is 4.86. The van der Waals surface area contributed by atoms with Crippen LogP contribution in [0.3, 0.4) is 0 Å². The maximum absolute atomic E-state index is 13.1. The second-order valence-electron chi connectivity index (χ2n) is 6.27. The van der Waals surface area contributed by atoms with E-state index in [4.69, 9.17) is 0 Å². The van der Waals surface area contributed by atoms with Crippen molar-refractivity contribution >= 4 is 17.3 Å². The molecule has 0 saturated carbocycles. The standard InChI is InChI=1S/C19H20F3N5O/c1-2-23-27-17(28)11-16(12-6-5-7-13(10-12)19(20,21)22)26-18-24-14-8-3-4-9-15(14)25-18/h3-10,16,18,24-26H,2,11H2,1H3. The van der Waals surface area contributed by atoms with Crippen molar-refractivity contribution in [3.05, 3.63) is 59.7 Å². The number of nitrogens with one attached hydrogen (secondary N) is 3. The van der Waals surface area contributed by atoms with Crippen LogP contribution in [0.25, 0.3) is 0 Å². The maximum atomic E-state index is 13.1. The van der Waals surface area contributed by atoms with Crippen LogP contribution in [0.15, 0.2) is 58.8 Å². The van der Waals surface area contributed by atoms with Crippen LogP contribution in [-0.4, -0.2) is 18.7 Å². The fraction of sp³-hybridized carbons (Fsp3) is 0.316. The molecular formula is C19H20F3N5O.